The minimum Gasteiger partial charge on any atom is -0.481 e. The molecular weight excluding hydrogens is 981 g/mol. The number of ether oxygens (including phenoxy) is 2. The van der Waals surface area contributed by atoms with Crippen LogP contribution in [-0.2, 0) is 41.6 Å². The smallest absolute Gasteiger partial charge is 0.414 e. The number of aliphatic carboxylic acids is 4. The zero-order valence-electron chi connectivity index (χ0n) is 41.8. The Labute approximate surface area is 440 Å². The van der Waals surface area contributed by atoms with E-state index in [0.29, 0.717) is 47.4 Å². The molecular formula is C54H64N10O12. The van der Waals surface area contributed by atoms with Crippen LogP contribution in [0.1, 0.15) is 59.4 Å². The molecule has 22 nitrogen and oxygen atoms in total. The highest BCUT2D eigenvalue weighted by molar-refractivity contribution is 6.27. The first-order valence-corrected chi connectivity index (χ1v) is 21.9. The van der Waals surface area contributed by atoms with Crippen molar-refractivity contribution >= 4 is 81.7 Å². The summed E-state index contributed by atoms with van der Waals surface area (Å²) in [5.41, 5.74) is 10.9. The average Bonchev–Trinajstić information content (AvgIpc) is 3.36. The lowest BCUT2D eigenvalue weighted by Crippen LogP contribution is -2.09. The van der Waals surface area contributed by atoms with Gasteiger partial charge in [-0.15, -0.1) is 0 Å². The third kappa shape index (κ3) is 21.5. The van der Waals surface area contributed by atoms with Gasteiger partial charge in [-0.1, -0.05) is 63.4 Å². The fraction of sp³-hybridized carbons (Fsp3) is 0.222. The van der Waals surface area contributed by atoms with Crippen molar-refractivity contribution in [1.29, 1.82) is 0 Å². The van der Waals surface area contributed by atoms with Crippen LogP contribution < -0.4 is 30.7 Å². The van der Waals surface area contributed by atoms with Crippen LogP contribution in [0.2, 0.25) is 0 Å². The molecule has 4 heterocycles. The molecule has 0 unspecified atom stereocenters. The van der Waals surface area contributed by atoms with Gasteiger partial charge < -0.3 is 51.2 Å². The summed E-state index contributed by atoms with van der Waals surface area (Å²) in [6.07, 6.45) is 11.3. The van der Waals surface area contributed by atoms with Crippen molar-refractivity contribution in [3.63, 3.8) is 0 Å². The summed E-state index contributed by atoms with van der Waals surface area (Å²) in [5, 5.41) is 43.5. The minimum absolute atomic E-state index is 0. The molecule has 402 valence electrons. The topological polar surface area (TPSA) is 327 Å². The molecule has 2 aromatic carbocycles. The lowest BCUT2D eigenvalue weighted by atomic mass is 10.0. The Hall–Kier alpha value is -9.86. The number of rotatable bonds is 18. The zero-order chi connectivity index (χ0) is 55.1. The monoisotopic (exact) mass is 1040 g/mol. The van der Waals surface area contributed by atoms with Crippen molar-refractivity contribution < 1.29 is 58.7 Å². The van der Waals surface area contributed by atoms with Crippen LogP contribution in [0.4, 0.5) is 46.3 Å². The second-order valence-electron chi connectivity index (χ2n) is 15.7. The number of nitrogens with one attached hydrogen (secondary N) is 4. The van der Waals surface area contributed by atoms with Gasteiger partial charge in [0.05, 0.1) is 25.6 Å². The Morgan fingerprint density at radius 3 is 1.14 bits per heavy atom. The van der Waals surface area contributed by atoms with Gasteiger partial charge >= 0.3 is 23.9 Å². The van der Waals surface area contributed by atoms with Crippen LogP contribution in [0.15, 0.2) is 111 Å². The number of carboxylic acid groups (broad SMARTS) is 4. The summed E-state index contributed by atoms with van der Waals surface area (Å²) in [5.74, 6) is -3.03. The predicted molar refractivity (Wildman–Crippen MR) is 291 cm³/mol. The van der Waals surface area contributed by atoms with Gasteiger partial charge in [-0.25, -0.2) is 39.1 Å². The fourth-order valence-electron chi connectivity index (χ4n) is 5.90. The largest absolute Gasteiger partial charge is 0.481 e. The number of carboxylic acids is 4. The molecule has 76 heavy (non-hydrogen) atoms. The van der Waals surface area contributed by atoms with Gasteiger partial charge in [-0.3, -0.25) is 9.59 Å². The Balaban J connectivity index is 0.000000595. The first-order valence-electron chi connectivity index (χ1n) is 21.9. The zero-order valence-corrected chi connectivity index (χ0v) is 41.8. The van der Waals surface area contributed by atoms with E-state index in [0.717, 1.165) is 67.3 Å². The molecule has 0 fully saturated rings. The molecule has 0 saturated carbocycles. The lowest BCUT2D eigenvalue weighted by Gasteiger charge is -2.15. The standard InChI is InChI=1S/2C23H25N5O2.C4H4O4.C2H2O4.2CH4/c2*1-6-18(29)10-17-9-14(2)7-8-19(17)26-22-16(4)13-25-23(28-22)27-20-11-21(30-5)24-12-15(20)3;5-3(6)1-2-4(7)8;3-1(4)2(5)6;;/h2*6-9,11-13H,1,10H2,2-5H3,(H2,24,25,26,27,28);1-2H,(H,5,6)(H,7,8);(H,3,4)(H,5,6);2*1H4/b;;2-1-;;;. The number of hydrogen-bond donors (Lipinski definition) is 8. The highest BCUT2D eigenvalue weighted by Crippen LogP contribution is 2.29. The van der Waals surface area contributed by atoms with Crippen LogP contribution in [0, 0.1) is 41.5 Å². The number of methoxy groups -OCH3 is 2. The van der Waals surface area contributed by atoms with E-state index in [2.05, 4.69) is 64.3 Å². The molecule has 0 radical (unpaired) electrons. The fourth-order valence-corrected chi connectivity index (χ4v) is 5.90. The molecule has 0 amide bonds. The second-order valence-corrected chi connectivity index (χ2v) is 15.7. The van der Waals surface area contributed by atoms with Crippen molar-refractivity contribution in [1.82, 2.24) is 29.9 Å². The van der Waals surface area contributed by atoms with Crippen LogP contribution in [0.5, 0.6) is 11.8 Å². The van der Waals surface area contributed by atoms with Gasteiger partial charge in [0.25, 0.3) is 0 Å². The Morgan fingerprint density at radius 2 is 0.842 bits per heavy atom. The van der Waals surface area contributed by atoms with Crippen LogP contribution >= 0.6 is 0 Å². The Kier molecular flexibility index (Phi) is 26.6. The quantitative estimate of drug-likeness (QED) is 0.0293. The van der Waals surface area contributed by atoms with Crippen molar-refractivity contribution in [3.8, 4) is 11.8 Å². The summed E-state index contributed by atoms with van der Waals surface area (Å²) in [6.45, 7) is 18.9. The summed E-state index contributed by atoms with van der Waals surface area (Å²) in [4.78, 5) is 87.5. The number of ketones is 2. The number of nitrogens with zero attached hydrogens (tertiary/aromatic N) is 6. The van der Waals surface area contributed by atoms with Gasteiger partial charge in [0.15, 0.2) is 11.6 Å². The summed E-state index contributed by atoms with van der Waals surface area (Å²) in [6, 6.07) is 15.5. The molecule has 0 saturated heterocycles. The number of carbonyl (C=O) groups is 6. The normalized spacial score (nSPS) is 9.79. The van der Waals surface area contributed by atoms with Gasteiger partial charge in [0.1, 0.15) is 11.6 Å². The van der Waals surface area contributed by atoms with Crippen LogP contribution in [0.25, 0.3) is 0 Å². The molecule has 6 aromatic rings. The van der Waals surface area contributed by atoms with E-state index >= 15 is 0 Å². The number of aryl methyl sites for hydroxylation is 6. The number of allylic oxidation sites excluding steroid dienone is 2. The van der Waals surface area contributed by atoms with E-state index < -0.39 is 23.9 Å². The lowest BCUT2D eigenvalue weighted by molar-refractivity contribution is -0.159. The minimum atomic E-state index is -1.82. The molecule has 8 N–H and O–H groups in total. The molecule has 0 aliphatic heterocycles. The Bertz CT molecular complexity index is 2870. The van der Waals surface area contributed by atoms with Gasteiger partial charge in [0.2, 0.25) is 23.7 Å². The average molecular weight is 1050 g/mol. The Morgan fingerprint density at radius 1 is 0.500 bits per heavy atom. The van der Waals surface area contributed by atoms with Gasteiger partial charge in [0, 0.05) is 84.4 Å². The van der Waals surface area contributed by atoms with Crippen LogP contribution in [-0.4, -0.2) is 100.0 Å². The molecule has 0 aliphatic carbocycles. The van der Waals surface area contributed by atoms with Crippen molar-refractivity contribution in [2.45, 2.75) is 69.2 Å². The maximum atomic E-state index is 11.9. The molecule has 0 atom stereocenters. The van der Waals surface area contributed by atoms with Gasteiger partial charge in [-0.2, -0.15) is 9.97 Å². The molecule has 22 heteroatoms. The highest BCUT2D eigenvalue weighted by atomic mass is 16.5. The van der Waals surface area contributed by atoms with E-state index in [-0.39, 0.29) is 39.3 Å². The van der Waals surface area contributed by atoms with E-state index in [1.165, 1.54) is 12.2 Å². The maximum absolute atomic E-state index is 11.9. The highest BCUT2D eigenvalue weighted by Gasteiger charge is 2.14. The van der Waals surface area contributed by atoms with E-state index in [1.807, 2.05) is 77.9 Å². The van der Waals surface area contributed by atoms with Crippen molar-refractivity contribution in [3.05, 3.63) is 155 Å². The number of hydrogen-bond acceptors (Lipinski definition) is 18. The predicted octanol–water partition coefficient (Wildman–Crippen LogP) is 9.32. The number of aromatic nitrogens is 6. The third-order valence-corrected chi connectivity index (χ3v) is 9.77. The number of carbonyl (C=O) groups excluding carboxylic acids is 2. The summed E-state index contributed by atoms with van der Waals surface area (Å²) < 4.78 is 10.4. The molecule has 0 spiro atoms. The molecule has 4 aromatic heterocycles. The second kappa shape index (κ2) is 31.6. The van der Waals surface area contributed by atoms with E-state index in [1.54, 1.807) is 51.1 Å². The summed E-state index contributed by atoms with van der Waals surface area (Å²) in [7, 11) is 3.14. The third-order valence-electron chi connectivity index (χ3n) is 9.77. The SMILES string of the molecule is C.C.C=CC(=O)Cc1cc(C)ccc1Nc1nc(Nc2cc(OC)ncc2C)ncc1C.C=CC(=O)Cc1cc(C)ccc1Nc1nc(Nc2cc(OC)ncc2C)ncc1C.O=C(O)/C=C\C(=O)O.O=C(O)C(=O)O. The van der Waals surface area contributed by atoms with Crippen molar-refractivity contribution in [2.75, 3.05) is 35.5 Å². The van der Waals surface area contributed by atoms with E-state index in [4.69, 9.17) is 39.5 Å². The first-order chi connectivity index (χ1) is 35.0. The number of anilines is 8. The molecule has 0 bridgehead atoms. The van der Waals surface area contributed by atoms with Gasteiger partial charge in [-0.05, 0) is 88.1 Å². The maximum Gasteiger partial charge on any atom is 0.414 e. The number of pyridine rings is 2. The molecule has 6 rings (SSSR count). The summed E-state index contributed by atoms with van der Waals surface area (Å²) >= 11 is 0. The van der Waals surface area contributed by atoms with Crippen LogP contribution in [0.3, 0.4) is 0 Å². The molecule has 0 aliphatic rings. The first kappa shape index (κ1) is 64.2. The number of benzene rings is 2. The van der Waals surface area contributed by atoms with Crippen molar-refractivity contribution in [2.24, 2.45) is 0 Å². The van der Waals surface area contributed by atoms with E-state index in [9.17, 15) is 19.2 Å².